The summed E-state index contributed by atoms with van der Waals surface area (Å²) >= 11 is 0. The summed E-state index contributed by atoms with van der Waals surface area (Å²) < 4.78 is 10.5. The van der Waals surface area contributed by atoms with Crippen molar-refractivity contribution in [2.75, 3.05) is 19.8 Å². The topological polar surface area (TPSA) is 61.3 Å². The summed E-state index contributed by atoms with van der Waals surface area (Å²) in [6.45, 7) is 5.62. The minimum atomic E-state index is -0.342. The maximum absolute atomic E-state index is 11.8. The number of rotatable bonds is 4. The lowest BCUT2D eigenvalue weighted by atomic mass is 10.0. The van der Waals surface area contributed by atoms with E-state index in [0.29, 0.717) is 25.2 Å². The van der Waals surface area contributed by atoms with Gasteiger partial charge in [0.15, 0.2) is 0 Å². The van der Waals surface area contributed by atoms with E-state index >= 15 is 0 Å². The number of ether oxygens (including phenoxy) is 2. The summed E-state index contributed by atoms with van der Waals surface area (Å²) in [4.78, 5) is 20.6. The standard InChI is InChI=1S/C14H20N2O3/c1-3-12-11(14(17)19-4-2)8-15-13(16-12)10-6-5-7-18-9-10/h8,10H,3-7,9H2,1-2H3. The molecule has 0 saturated carbocycles. The van der Waals surface area contributed by atoms with E-state index in [1.807, 2.05) is 6.92 Å². The third kappa shape index (κ3) is 3.29. The molecule has 2 heterocycles. The third-order valence-corrected chi connectivity index (χ3v) is 3.24. The first-order valence-electron chi connectivity index (χ1n) is 6.86. The highest BCUT2D eigenvalue weighted by Crippen LogP contribution is 2.23. The zero-order valence-electron chi connectivity index (χ0n) is 11.5. The molecule has 0 bridgehead atoms. The van der Waals surface area contributed by atoms with E-state index in [-0.39, 0.29) is 11.9 Å². The van der Waals surface area contributed by atoms with E-state index in [1.165, 1.54) is 0 Å². The van der Waals surface area contributed by atoms with Crippen LogP contribution in [-0.2, 0) is 15.9 Å². The average molecular weight is 264 g/mol. The van der Waals surface area contributed by atoms with E-state index in [1.54, 1.807) is 13.1 Å². The SMILES string of the molecule is CCOC(=O)c1cnc(C2CCCOC2)nc1CC. The van der Waals surface area contributed by atoms with Crippen LogP contribution < -0.4 is 0 Å². The number of hydrogen-bond acceptors (Lipinski definition) is 5. The second kappa shape index (κ2) is 6.61. The molecular formula is C14H20N2O3. The van der Waals surface area contributed by atoms with E-state index in [4.69, 9.17) is 9.47 Å². The molecule has 0 amide bonds. The number of nitrogens with zero attached hydrogens (tertiary/aromatic N) is 2. The van der Waals surface area contributed by atoms with Gasteiger partial charge in [-0.05, 0) is 26.2 Å². The molecule has 0 aliphatic carbocycles. The lowest BCUT2D eigenvalue weighted by molar-refractivity contribution is 0.0523. The fourth-order valence-corrected chi connectivity index (χ4v) is 2.22. The van der Waals surface area contributed by atoms with Crippen molar-refractivity contribution in [3.05, 3.63) is 23.3 Å². The molecule has 1 aromatic heterocycles. The van der Waals surface area contributed by atoms with Gasteiger partial charge in [-0.2, -0.15) is 0 Å². The highest BCUT2D eigenvalue weighted by molar-refractivity contribution is 5.90. The van der Waals surface area contributed by atoms with Gasteiger partial charge in [-0.15, -0.1) is 0 Å². The Morgan fingerprint density at radius 1 is 1.53 bits per heavy atom. The number of hydrogen-bond donors (Lipinski definition) is 0. The van der Waals surface area contributed by atoms with Crippen molar-refractivity contribution in [3.63, 3.8) is 0 Å². The van der Waals surface area contributed by atoms with Crippen molar-refractivity contribution in [2.45, 2.75) is 39.0 Å². The van der Waals surface area contributed by atoms with Crippen molar-refractivity contribution in [2.24, 2.45) is 0 Å². The van der Waals surface area contributed by atoms with Crippen LogP contribution in [0, 0.1) is 0 Å². The quantitative estimate of drug-likeness (QED) is 0.779. The predicted molar refractivity (Wildman–Crippen MR) is 70.2 cm³/mol. The van der Waals surface area contributed by atoms with Crippen LogP contribution >= 0.6 is 0 Å². The second-order valence-corrected chi connectivity index (χ2v) is 4.58. The fourth-order valence-electron chi connectivity index (χ4n) is 2.22. The van der Waals surface area contributed by atoms with E-state index in [9.17, 15) is 4.79 Å². The maximum Gasteiger partial charge on any atom is 0.341 e. The molecule has 0 radical (unpaired) electrons. The number of carbonyl (C=O) groups is 1. The number of carbonyl (C=O) groups excluding carboxylic acids is 1. The molecule has 0 spiro atoms. The van der Waals surface area contributed by atoms with Gasteiger partial charge < -0.3 is 9.47 Å². The maximum atomic E-state index is 11.8. The summed E-state index contributed by atoms with van der Waals surface area (Å²) in [5.41, 5.74) is 1.24. The Balaban J connectivity index is 2.22. The Hall–Kier alpha value is -1.49. The van der Waals surface area contributed by atoms with Gasteiger partial charge >= 0.3 is 5.97 Å². The molecular weight excluding hydrogens is 244 g/mol. The van der Waals surface area contributed by atoms with Crippen molar-refractivity contribution in [1.82, 2.24) is 9.97 Å². The first kappa shape index (κ1) is 13.9. The normalized spacial score (nSPS) is 19.2. The van der Waals surface area contributed by atoms with Crippen LogP contribution in [0.15, 0.2) is 6.20 Å². The van der Waals surface area contributed by atoms with Gasteiger partial charge in [-0.25, -0.2) is 14.8 Å². The van der Waals surface area contributed by atoms with Gasteiger partial charge in [0.1, 0.15) is 5.82 Å². The van der Waals surface area contributed by atoms with Gasteiger partial charge in [0, 0.05) is 18.7 Å². The van der Waals surface area contributed by atoms with E-state index < -0.39 is 0 Å². The van der Waals surface area contributed by atoms with Crippen molar-refractivity contribution >= 4 is 5.97 Å². The van der Waals surface area contributed by atoms with Crippen LogP contribution in [0.25, 0.3) is 0 Å². The molecule has 104 valence electrons. The van der Waals surface area contributed by atoms with Crippen molar-refractivity contribution in [3.8, 4) is 0 Å². The molecule has 5 nitrogen and oxygen atoms in total. The Kier molecular flexibility index (Phi) is 4.85. The molecule has 1 aliphatic rings. The van der Waals surface area contributed by atoms with E-state index in [2.05, 4.69) is 9.97 Å². The molecule has 1 saturated heterocycles. The summed E-state index contributed by atoms with van der Waals surface area (Å²) in [6.07, 6.45) is 4.36. The molecule has 5 heteroatoms. The fraction of sp³-hybridized carbons (Fsp3) is 0.643. The first-order chi connectivity index (χ1) is 9.26. The molecule has 1 atom stereocenters. The minimum absolute atomic E-state index is 0.246. The summed E-state index contributed by atoms with van der Waals surface area (Å²) in [7, 11) is 0. The molecule has 1 aromatic rings. The zero-order chi connectivity index (χ0) is 13.7. The largest absolute Gasteiger partial charge is 0.462 e. The number of aryl methyl sites for hydroxylation is 1. The van der Waals surface area contributed by atoms with Gasteiger partial charge in [0.2, 0.25) is 0 Å². The van der Waals surface area contributed by atoms with Crippen LogP contribution in [0.3, 0.4) is 0 Å². The molecule has 2 rings (SSSR count). The van der Waals surface area contributed by atoms with Crippen LogP contribution in [0.4, 0.5) is 0 Å². The molecule has 0 N–H and O–H groups in total. The molecule has 1 fully saturated rings. The molecule has 0 aromatic carbocycles. The summed E-state index contributed by atoms with van der Waals surface area (Å²) in [5.74, 6) is 0.686. The average Bonchev–Trinajstić information content (AvgIpc) is 2.47. The van der Waals surface area contributed by atoms with Crippen LogP contribution in [0.2, 0.25) is 0 Å². The third-order valence-electron chi connectivity index (χ3n) is 3.24. The van der Waals surface area contributed by atoms with Crippen LogP contribution in [0.5, 0.6) is 0 Å². The lowest BCUT2D eigenvalue weighted by Crippen LogP contribution is -2.20. The Labute approximate surface area is 113 Å². The van der Waals surface area contributed by atoms with Gasteiger partial charge in [-0.3, -0.25) is 0 Å². The lowest BCUT2D eigenvalue weighted by Gasteiger charge is -2.21. The predicted octanol–water partition coefficient (Wildman–Crippen LogP) is 2.11. The molecule has 1 aliphatic heterocycles. The van der Waals surface area contributed by atoms with Gasteiger partial charge in [0.05, 0.1) is 24.5 Å². The molecule has 19 heavy (non-hydrogen) atoms. The minimum Gasteiger partial charge on any atom is -0.462 e. The highest BCUT2D eigenvalue weighted by Gasteiger charge is 2.21. The zero-order valence-corrected chi connectivity index (χ0v) is 11.5. The monoisotopic (exact) mass is 264 g/mol. The summed E-state index contributed by atoms with van der Waals surface area (Å²) in [5, 5.41) is 0. The summed E-state index contributed by atoms with van der Waals surface area (Å²) in [6, 6.07) is 0. The smallest absolute Gasteiger partial charge is 0.341 e. The highest BCUT2D eigenvalue weighted by atomic mass is 16.5. The Morgan fingerprint density at radius 3 is 3.00 bits per heavy atom. The van der Waals surface area contributed by atoms with Gasteiger partial charge in [0.25, 0.3) is 0 Å². The Morgan fingerprint density at radius 2 is 2.37 bits per heavy atom. The van der Waals surface area contributed by atoms with Crippen molar-refractivity contribution < 1.29 is 14.3 Å². The van der Waals surface area contributed by atoms with Crippen molar-refractivity contribution in [1.29, 1.82) is 0 Å². The van der Waals surface area contributed by atoms with Crippen LogP contribution in [-0.4, -0.2) is 35.8 Å². The van der Waals surface area contributed by atoms with Gasteiger partial charge in [-0.1, -0.05) is 6.92 Å². The number of esters is 1. The van der Waals surface area contributed by atoms with Crippen LogP contribution in [0.1, 0.15) is 54.5 Å². The van der Waals surface area contributed by atoms with E-state index in [0.717, 1.165) is 31.0 Å². The first-order valence-corrected chi connectivity index (χ1v) is 6.86. The second-order valence-electron chi connectivity index (χ2n) is 4.58. The molecule has 1 unspecified atom stereocenters. The number of aromatic nitrogens is 2. The Bertz CT molecular complexity index is 442.